The van der Waals surface area contributed by atoms with Crippen LogP contribution in [0.1, 0.15) is 18.4 Å². The minimum atomic E-state index is -0.533. The zero-order valence-corrected chi connectivity index (χ0v) is 13.4. The van der Waals surface area contributed by atoms with Crippen LogP contribution in [0.25, 0.3) is 0 Å². The molecule has 1 aliphatic heterocycles. The van der Waals surface area contributed by atoms with Gasteiger partial charge in [-0.3, -0.25) is 0 Å². The van der Waals surface area contributed by atoms with Gasteiger partial charge in [0.25, 0.3) is 0 Å². The summed E-state index contributed by atoms with van der Waals surface area (Å²) in [4.78, 5) is 12.1. The van der Waals surface area contributed by atoms with Crippen molar-refractivity contribution < 1.29 is 23.8 Å². The van der Waals surface area contributed by atoms with E-state index >= 15 is 0 Å². The molecule has 0 bridgehead atoms. The van der Waals surface area contributed by atoms with E-state index < -0.39 is 11.8 Å². The first kappa shape index (κ1) is 17.5. The monoisotopic (exact) mass is 326 g/mol. The van der Waals surface area contributed by atoms with Gasteiger partial charge in [-0.2, -0.15) is 0 Å². The Morgan fingerprint density at radius 3 is 2.91 bits per heavy atom. The summed E-state index contributed by atoms with van der Waals surface area (Å²) in [5.74, 6) is -0.396. The molecule has 3 N–H and O–H groups in total. The molecule has 1 aliphatic rings. The summed E-state index contributed by atoms with van der Waals surface area (Å²) in [7, 11) is 1.39. The summed E-state index contributed by atoms with van der Waals surface area (Å²) in [6.07, 6.45) is 1.37. The van der Waals surface area contributed by atoms with Gasteiger partial charge in [-0.05, 0) is 31.4 Å². The number of hydrogen-bond acceptors (Lipinski definition) is 4. The van der Waals surface area contributed by atoms with E-state index in [0.29, 0.717) is 37.4 Å². The predicted molar refractivity (Wildman–Crippen MR) is 84.3 cm³/mol. The number of carbonyl (C=O) groups excluding carboxylic acids is 1. The van der Waals surface area contributed by atoms with Crippen LogP contribution < -0.4 is 15.4 Å². The molecule has 2 amide bonds. The van der Waals surface area contributed by atoms with Crippen molar-refractivity contribution in [3.05, 3.63) is 23.5 Å². The van der Waals surface area contributed by atoms with E-state index in [4.69, 9.17) is 9.47 Å². The largest absolute Gasteiger partial charge is 0.494 e. The third-order valence-corrected chi connectivity index (χ3v) is 4.20. The van der Waals surface area contributed by atoms with Crippen LogP contribution in [-0.2, 0) is 4.74 Å². The molecule has 0 aromatic heterocycles. The number of methoxy groups -OCH3 is 1. The molecular weight excluding hydrogens is 303 g/mol. The first-order chi connectivity index (χ1) is 11.0. The maximum Gasteiger partial charge on any atom is 0.319 e. The highest BCUT2D eigenvalue weighted by molar-refractivity contribution is 5.90. The summed E-state index contributed by atoms with van der Waals surface area (Å²) in [6, 6.07) is 2.35. The van der Waals surface area contributed by atoms with Crippen molar-refractivity contribution in [1.82, 2.24) is 5.32 Å². The van der Waals surface area contributed by atoms with Crippen molar-refractivity contribution in [2.24, 2.45) is 5.41 Å². The van der Waals surface area contributed by atoms with E-state index in [0.717, 1.165) is 6.42 Å². The van der Waals surface area contributed by atoms with Crippen molar-refractivity contribution in [2.75, 3.05) is 38.8 Å². The first-order valence-corrected chi connectivity index (χ1v) is 7.57. The Hall–Kier alpha value is -1.86. The van der Waals surface area contributed by atoms with Crippen LogP contribution in [0, 0.1) is 18.2 Å². The number of aryl methyl sites for hydroxylation is 1. The Bertz CT molecular complexity index is 559. The van der Waals surface area contributed by atoms with Gasteiger partial charge in [0, 0.05) is 36.9 Å². The fraction of sp³-hybridized carbons (Fsp3) is 0.562. The van der Waals surface area contributed by atoms with E-state index in [1.165, 1.54) is 19.2 Å². The Kier molecular flexibility index (Phi) is 5.79. The molecule has 0 radical (unpaired) electrons. The van der Waals surface area contributed by atoms with Crippen LogP contribution in [0.4, 0.5) is 14.9 Å². The second-order valence-corrected chi connectivity index (χ2v) is 5.89. The van der Waals surface area contributed by atoms with E-state index in [2.05, 4.69) is 10.6 Å². The lowest BCUT2D eigenvalue weighted by Crippen LogP contribution is -2.40. The highest BCUT2D eigenvalue weighted by atomic mass is 19.1. The lowest BCUT2D eigenvalue weighted by Gasteiger charge is -2.26. The Balaban J connectivity index is 1.96. The molecule has 7 heteroatoms. The quantitative estimate of drug-likeness (QED) is 0.747. The van der Waals surface area contributed by atoms with Crippen molar-refractivity contribution in [2.45, 2.75) is 19.8 Å². The van der Waals surface area contributed by atoms with Gasteiger partial charge >= 0.3 is 6.03 Å². The van der Waals surface area contributed by atoms with E-state index in [9.17, 15) is 14.3 Å². The third kappa shape index (κ3) is 4.33. The van der Waals surface area contributed by atoms with Crippen LogP contribution in [0.3, 0.4) is 0 Å². The molecule has 1 aromatic carbocycles. The van der Waals surface area contributed by atoms with Gasteiger partial charge in [0.2, 0.25) is 0 Å². The summed E-state index contributed by atoms with van der Waals surface area (Å²) in [6.45, 7) is 3.36. The van der Waals surface area contributed by atoms with Gasteiger partial charge in [-0.15, -0.1) is 0 Å². The average molecular weight is 326 g/mol. The maximum absolute atomic E-state index is 13.7. The van der Waals surface area contributed by atoms with Gasteiger partial charge in [0.15, 0.2) is 11.6 Å². The number of aliphatic hydroxyl groups excluding tert-OH is 1. The van der Waals surface area contributed by atoms with Gasteiger partial charge in [0.1, 0.15) is 0 Å². The molecule has 128 valence electrons. The number of benzene rings is 1. The minimum Gasteiger partial charge on any atom is -0.494 e. The number of carbonyl (C=O) groups is 1. The van der Waals surface area contributed by atoms with Crippen molar-refractivity contribution in [3.8, 4) is 5.75 Å². The lowest BCUT2D eigenvalue weighted by molar-refractivity contribution is 0.126. The highest BCUT2D eigenvalue weighted by Gasteiger charge is 2.34. The first-order valence-electron chi connectivity index (χ1n) is 7.57. The fourth-order valence-corrected chi connectivity index (χ4v) is 2.69. The van der Waals surface area contributed by atoms with Crippen LogP contribution in [0.5, 0.6) is 5.75 Å². The third-order valence-electron chi connectivity index (χ3n) is 4.20. The smallest absolute Gasteiger partial charge is 0.319 e. The number of aliphatic hydroxyl groups is 1. The number of nitrogens with one attached hydrogen (secondary N) is 2. The fourth-order valence-electron chi connectivity index (χ4n) is 2.69. The van der Waals surface area contributed by atoms with Gasteiger partial charge in [-0.25, -0.2) is 9.18 Å². The van der Waals surface area contributed by atoms with Crippen LogP contribution >= 0.6 is 0 Å². The number of halogens is 1. The lowest BCUT2D eigenvalue weighted by atomic mass is 9.84. The molecule has 6 nitrogen and oxygen atoms in total. The molecule has 1 unspecified atom stereocenters. The van der Waals surface area contributed by atoms with Gasteiger partial charge in [-0.1, -0.05) is 0 Å². The minimum absolute atomic E-state index is 0.0510. The number of anilines is 1. The molecule has 1 fully saturated rings. The number of urea groups is 1. The predicted octanol–water partition coefficient (Wildman–Crippen LogP) is 2.05. The topological polar surface area (TPSA) is 79.8 Å². The number of rotatable bonds is 6. The second kappa shape index (κ2) is 7.61. The summed E-state index contributed by atoms with van der Waals surface area (Å²) < 4.78 is 24.0. The van der Waals surface area contributed by atoms with Crippen molar-refractivity contribution in [3.63, 3.8) is 0 Å². The number of hydrogen-bond donors (Lipinski definition) is 3. The van der Waals surface area contributed by atoms with Crippen molar-refractivity contribution >= 4 is 11.7 Å². The van der Waals surface area contributed by atoms with E-state index in [1.807, 2.05) is 0 Å². The van der Waals surface area contributed by atoms with Crippen molar-refractivity contribution in [1.29, 1.82) is 0 Å². The highest BCUT2D eigenvalue weighted by Crippen LogP contribution is 2.31. The average Bonchev–Trinajstić information content (AvgIpc) is 2.98. The Morgan fingerprint density at radius 2 is 2.30 bits per heavy atom. The number of amides is 2. The molecule has 1 atom stereocenters. The normalized spacial score (nSPS) is 20.3. The maximum atomic E-state index is 13.7. The molecule has 1 saturated heterocycles. The molecule has 1 heterocycles. The van der Waals surface area contributed by atoms with Gasteiger partial charge in [0.05, 0.1) is 13.7 Å². The Morgan fingerprint density at radius 1 is 1.52 bits per heavy atom. The SMILES string of the molecule is COc1cc(C)c(NC(=O)NCC2(CCO)CCOC2)cc1F. The molecule has 1 aromatic rings. The zero-order valence-electron chi connectivity index (χ0n) is 13.4. The zero-order chi connectivity index (χ0) is 16.9. The van der Waals surface area contributed by atoms with Crippen LogP contribution in [-0.4, -0.2) is 44.6 Å². The number of ether oxygens (including phenoxy) is 2. The van der Waals surface area contributed by atoms with Crippen LogP contribution in [0.15, 0.2) is 12.1 Å². The van der Waals surface area contributed by atoms with Gasteiger partial charge < -0.3 is 25.2 Å². The summed E-state index contributed by atoms with van der Waals surface area (Å²) in [5.41, 5.74) is 0.860. The molecule has 0 saturated carbocycles. The molecule has 23 heavy (non-hydrogen) atoms. The molecule has 0 spiro atoms. The standard InChI is InChI=1S/C16H23FN2O4/c1-11-7-14(22-2)12(17)8-13(11)19-15(21)18-9-16(3-5-20)4-6-23-10-16/h7-8,20H,3-6,9-10H2,1-2H3,(H2,18,19,21). The second-order valence-electron chi connectivity index (χ2n) is 5.89. The van der Waals surface area contributed by atoms with E-state index in [1.54, 1.807) is 6.92 Å². The Labute approximate surface area is 135 Å². The van der Waals surface area contributed by atoms with E-state index in [-0.39, 0.29) is 17.8 Å². The summed E-state index contributed by atoms with van der Waals surface area (Å²) in [5, 5.41) is 14.6. The van der Waals surface area contributed by atoms with Crippen LogP contribution in [0.2, 0.25) is 0 Å². The molecule has 2 rings (SSSR count). The summed E-state index contributed by atoms with van der Waals surface area (Å²) >= 11 is 0. The molecule has 0 aliphatic carbocycles. The molecular formula is C16H23FN2O4.